The molecule has 0 aromatic carbocycles. The third kappa shape index (κ3) is 2.55. The van der Waals surface area contributed by atoms with Crippen molar-refractivity contribution in [2.45, 2.75) is 6.54 Å². The molecule has 0 aliphatic carbocycles. The zero-order valence-corrected chi connectivity index (χ0v) is 13.5. The van der Waals surface area contributed by atoms with Crippen molar-refractivity contribution in [3.05, 3.63) is 48.0 Å². The number of pyridine rings is 1. The maximum Gasteiger partial charge on any atom is 0.257 e. The van der Waals surface area contributed by atoms with Crippen LogP contribution in [0.1, 0.15) is 15.9 Å². The van der Waals surface area contributed by atoms with Crippen LogP contribution in [0.3, 0.4) is 0 Å². The zero-order valence-electron chi connectivity index (χ0n) is 13.5. The van der Waals surface area contributed by atoms with Crippen LogP contribution in [0.25, 0.3) is 0 Å². The van der Waals surface area contributed by atoms with Gasteiger partial charge in [0.1, 0.15) is 0 Å². The molecule has 0 radical (unpaired) electrons. The van der Waals surface area contributed by atoms with Gasteiger partial charge in [-0.25, -0.2) is 0 Å². The number of fused-ring (bicyclic) bond motifs is 1. The summed E-state index contributed by atoms with van der Waals surface area (Å²) >= 11 is 0. The number of amides is 2. The Hall–Kier alpha value is -2.70. The minimum absolute atomic E-state index is 0.0361. The molecule has 2 atom stereocenters. The Morgan fingerprint density at radius 2 is 2.04 bits per heavy atom. The Balaban J connectivity index is 1.42. The first-order valence-corrected chi connectivity index (χ1v) is 8.07. The van der Waals surface area contributed by atoms with E-state index in [4.69, 9.17) is 0 Å². The summed E-state index contributed by atoms with van der Waals surface area (Å²) in [5.74, 6) is 0.261. The van der Waals surface area contributed by atoms with Gasteiger partial charge < -0.3 is 9.80 Å². The van der Waals surface area contributed by atoms with Crippen molar-refractivity contribution >= 4 is 11.8 Å². The molecule has 7 nitrogen and oxygen atoms in total. The fourth-order valence-electron chi connectivity index (χ4n) is 3.67. The standard InChI is InChI=1S/C17H19N5O2/c1-20-8-13(6-19-20)16(23)22-10-14-9-21(17(24)15(14)11-22)7-12-2-4-18-5-3-12/h2-6,8,14-15H,7,9-11H2,1H3/t14-,15+/m0/s1. The van der Waals surface area contributed by atoms with Crippen LogP contribution in [0.2, 0.25) is 0 Å². The van der Waals surface area contributed by atoms with E-state index in [2.05, 4.69) is 10.1 Å². The van der Waals surface area contributed by atoms with Crippen molar-refractivity contribution in [2.24, 2.45) is 18.9 Å². The highest BCUT2D eigenvalue weighted by molar-refractivity contribution is 5.95. The smallest absolute Gasteiger partial charge is 0.257 e. The second kappa shape index (κ2) is 5.74. The zero-order chi connectivity index (χ0) is 16.7. The molecule has 2 saturated heterocycles. The van der Waals surface area contributed by atoms with Gasteiger partial charge in [0.05, 0.1) is 17.7 Å². The van der Waals surface area contributed by atoms with Crippen molar-refractivity contribution < 1.29 is 9.59 Å². The summed E-state index contributed by atoms with van der Waals surface area (Å²) in [4.78, 5) is 32.9. The molecule has 0 bridgehead atoms. The van der Waals surface area contributed by atoms with Crippen LogP contribution < -0.4 is 0 Å². The minimum atomic E-state index is -0.0764. The molecule has 7 heteroatoms. The molecule has 2 aromatic heterocycles. The molecule has 0 N–H and O–H groups in total. The molecule has 0 unspecified atom stereocenters. The Kier molecular flexibility index (Phi) is 3.55. The summed E-state index contributed by atoms with van der Waals surface area (Å²) in [5, 5.41) is 4.04. The van der Waals surface area contributed by atoms with Crippen molar-refractivity contribution in [1.82, 2.24) is 24.6 Å². The lowest BCUT2D eigenvalue weighted by Gasteiger charge is -2.21. The normalized spacial score (nSPS) is 23.0. The fraction of sp³-hybridized carbons (Fsp3) is 0.412. The molecule has 24 heavy (non-hydrogen) atoms. The molecule has 4 rings (SSSR count). The SMILES string of the molecule is Cn1cc(C(=O)N2C[C@@H]3CN(Cc4ccncc4)C(=O)[C@@H]3C2)cn1. The number of likely N-dealkylation sites (tertiary alicyclic amines) is 2. The Morgan fingerprint density at radius 1 is 1.25 bits per heavy atom. The van der Waals surface area contributed by atoms with Gasteiger partial charge in [0, 0.05) is 57.7 Å². The Morgan fingerprint density at radius 3 is 2.71 bits per heavy atom. The molecule has 2 aliphatic rings. The largest absolute Gasteiger partial charge is 0.338 e. The monoisotopic (exact) mass is 325 g/mol. The number of aromatic nitrogens is 3. The van der Waals surface area contributed by atoms with Gasteiger partial charge in [-0.2, -0.15) is 5.10 Å². The van der Waals surface area contributed by atoms with Gasteiger partial charge in [-0.15, -0.1) is 0 Å². The van der Waals surface area contributed by atoms with Crippen molar-refractivity contribution in [2.75, 3.05) is 19.6 Å². The fourth-order valence-corrected chi connectivity index (χ4v) is 3.67. The van der Waals surface area contributed by atoms with Gasteiger partial charge in [-0.1, -0.05) is 0 Å². The van der Waals surface area contributed by atoms with Crippen LogP contribution >= 0.6 is 0 Å². The predicted molar refractivity (Wildman–Crippen MR) is 85.7 cm³/mol. The number of rotatable bonds is 3. The van der Waals surface area contributed by atoms with E-state index in [0.717, 1.165) is 5.56 Å². The van der Waals surface area contributed by atoms with Crippen LogP contribution in [0.4, 0.5) is 0 Å². The maximum absolute atomic E-state index is 12.7. The van der Waals surface area contributed by atoms with Crippen molar-refractivity contribution in [3.63, 3.8) is 0 Å². The van der Waals surface area contributed by atoms with E-state index >= 15 is 0 Å². The molecule has 2 amide bonds. The van der Waals surface area contributed by atoms with Gasteiger partial charge >= 0.3 is 0 Å². The number of hydrogen-bond acceptors (Lipinski definition) is 4. The molecule has 2 aliphatic heterocycles. The van der Waals surface area contributed by atoms with Gasteiger partial charge in [0.2, 0.25) is 5.91 Å². The second-order valence-corrected chi connectivity index (χ2v) is 6.55. The molecule has 2 fully saturated rings. The first-order chi connectivity index (χ1) is 11.6. The molecule has 0 saturated carbocycles. The summed E-state index contributed by atoms with van der Waals surface area (Å²) in [6.45, 7) is 2.47. The number of hydrogen-bond donors (Lipinski definition) is 0. The lowest BCUT2D eigenvalue weighted by atomic mass is 10.0. The van der Waals surface area contributed by atoms with E-state index in [1.165, 1.54) is 0 Å². The third-order valence-electron chi connectivity index (χ3n) is 4.89. The summed E-state index contributed by atoms with van der Waals surface area (Å²) in [6.07, 6.45) is 6.78. The van der Waals surface area contributed by atoms with Crippen LogP contribution in [0.15, 0.2) is 36.9 Å². The number of nitrogens with zero attached hydrogens (tertiary/aromatic N) is 5. The van der Waals surface area contributed by atoms with Crippen LogP contribution in [-0.2, 0) is 18.4 Å². The van der Waals surface area contributed by atoms with Crippen molar-refractivity contribution in [1.29, 1.82) is 0 Å². The van der Waals surface area contributed by atoms with E-state index in [9.17, 15) is 9.59 Å². The van der Waals surface area contributed by atoms with Crippen LogP contribution in [0.5, 0.6) is 0 Å². The number of aryl methyl sites for hydroxylation is 1. The third-order valence-corrected chi connectivity index (χ3v) is 4.89. The molecular weight excluding hydrogens is 306 g/mol. The van der Waals surface area contributed by atoms with E-state index in [1.807, 2.05) is 17.0 Å². The van der Waals surface area contributed by atoms with Gasteiger partial charge in [-0.3, -0.25) is 19.3 Å². The summed E-state index contributed by atoms with van der Waals surface area (Å²) in [5.41, 5.74) is 1.67. The van der Waals surface area contributed by atoms with E-state index in [-0.39, 0.29) is 23.7 Å². The topological polar surface area (TPSA) is 71.3 Å². The highest BCUT2D eigenvalue weighted by atomic mass is 16.2. The lowest BCUT2D eigenvalue weighted by molar-refractivity contribution is -0.131. The first-order valence-electron chi connectivity index (χ1n) is 8.07. The first kappa shape index (κ1) is 14.9. The Bertz CT molecular complexity index is 772. The number of carbonyl (C=O) groups excluding carboxylic acids is 2. The highest BCUT2D eigenvalue weighted by Gasteiger charge is 2.47. The predicted octanol–water partition coefficient (Wildman–Crippen LogP) is 0.546. The van der Waals surface area contributed by atoms with Crippen LogP contribution in [-0.4, -0.2) is 56.0 Å². The summed E-state index contributed by atoms with van der Waals surface area (Å²) in [6, 6.07) is 3.86. The molecule has 0 spiro atoms. The van der Waals surface area contributed by atoms with Crippen LogP contribution in [0, 0.1) is 11.8 Å². The Labute approximate surface area is 139 Å². The van der Waals surface area contributed by atoms with E-state index < -0.39 is 0 Å². The summed E-state index contributed by atoms with van der Waals surface area (Å²) in [7, 11) is 1.79. The molecule has 124 valence electrons. The average molecular weight is 325 g/mol. The summed E-state index contributed by atoms with van der Waals surface area (Å²) < 4.78 is 1.62. The minimum Gasteiger partial charge on any atom is -0.338 e. The van der Waals surface area contributed by atoms with Gasteiger partial charge in [-0.05, 0) is 17.7 Å². The molecular formula is C17H19N5O2. The average Bonchev–Trinajstić information content (AvgIpc) is 3.26. The van der Waals surface area contributed by atoms with Gasteiger partial charge in [0.15, 0.2) is 0 Å². The van der Waals surface area contributed by atoms with E-state index in [1.54, 1.807) is 41.4 Å². The maximum atomic E-state index is 12.7. The van der Waals surface area contributed by atoms with E-state index in [0.29, 0.717) is 31.7 Å². The second-order valence-electron chi connectivity index (χ2n) is 6.55. The molecule has 4 heterocycles. The van der Waals surface area contributed by atoms with Crippen molar-refractivity contribution in [3.8, 4) is 0 Å². The lowest BCUT2D eigenvalue weighted by Crippen LogP contribution is -2.35. The highest BCUT2D eigenvalue weighted by Crippen LogP contribution is 2.33. The number of carbonyl (C=O) groups is 2. The van der Waals surface area contributed by atoms with Gasteiger partial charge in [0.25, 0.3) is 5.91 Å². The molecule has 2 aromatic rings. The quantitative estimate of drug-likeness (QED) is 0.826.